The number of fused-ring (bicyclic) bond motifs is 1. The zero-order valence-corrected chi connectivity index (χ0v) is 13.1. The molecule has 3 aromatic rings. The summed E-state index contributed by atoms with van der Waals surface area (Å²) in [4.78, 5) is 12.9. The van der Waals surface area contributed by atoms with Crippen molar-refractivity contribution in [2.75, 3.05) is 6.54 Å². The maximum absolute atomic E-state index is 12.0. The van der Waals surface area contributed by atoms with Gasteiger partial charge in [-0.15, -0.1) is 11.3 Å². The Bertz CT molecular complexity index is 742. The number of thiophene rings is 2. The van der Waals surface area contributed by atoms with E-state index in [4.69, 9.17) is 0 Å². The monoisotopic (exact) mass is 317 g/mol. The summed E-state index contributed by atoms with van der Waals surface area (Å²) in [6, 6.07) is 9.99. The SMILES string of the molecule is Cc1cscc1C(=O)NCC(O)c1cc2ccccc2s1. The highest BCUT2D eigenvalue weighted by molar-refractivity contribution is 7.19. The highest BCUT2D eigenvalue weighted by Crippen LogP contribution is 2.29. The van der Waals surface area contributed by atoms with E-state index in [1.54, 1.807) is 11.3 Å². The Balaban J connectivity index is 1.67. The van der Waals surface area contributed by atoms with E-state index in [1.165, 1.54) is 11.3 Å². The molecule has 5 heteroatoms. The minimum Gasteiger partial charge on any atom is -0.386 e. The van der Waals surface area contributed by atoms with Crippen LogP contribution in [0.1, 0.15) is 26.9 Å². The van der Waals surface area contributed by atoms with Crippen LogP contribution in [-0.4, -0.2) is 17.6 Å². The van der Waals surface area contributed by atoms with E-state index in [9.17, 15) is 9.90 Å². The van der Waals surface area contributed by atoms with Crippen LogP contribution in [0, 0.1) is 6.92 Å². The number of rotatable bonds is 4. The minimum atomic E-state index is -0.676. The van der Waals surface area contributed by atoms with Gasteiger partial charge in [-0.2, -0.15) is 11.3 Å². The summed E-state index contributed by atoms with van der Waals surface area (Å²) in [5.74, 6) is -0.131. The van der Waals surface area contributed by atoms with Gasteiger partial charge in [0.05, 0.1) is 5.56 Å². The van der Waals surface area contributed by atoms with E-state index >= 15 is 0 Å². The molecule has 108 valence electrons. The van der Waals surface area contributed by atoms with Gasteiger partial charge in [0.1, 0.15) is 6.10 Å². The molecule has 21 heavy (non-hydrogen) atoms. The van der Waals surface area contributed by atoms with Gasteiger partial charge in [0, 0.05) is 21.5 Å². The zero-order valence-electron chi connectivity index (χ0n) is 11.5. The Hall–Kier alpha value is -1.69. The van der Waals surface area contributed by atoms with E-state index in [1.807, 2.05) is 48.0 Å². The van der Waals surface area contributed by atoms with Crippen molar-refractivity contribution in [2.24, 2.45) is 0 Å². The Morgan fingerprint density at radius 3 is 2.86 bits per heavy atom. The highest BCUT2D eigenvalue weighted by Gasteiger charge is 2.14. The number of carbonyl (C=O) groups excluding carboxylic acids is 1. The lowest BCUT2D eigenvalue weighted by Crippen LogP contribution is -2.28. The highest BCUT2D eigenvalue weighted by atomic mass is 32.1. The smallest absolute Gasteiger partial charge is 0.252 e. The first kappa shape index (κ1) is 14.3. The largest absolute Gasteiger partial charge is 0.386 e. The van der Waals surface area contributed by atoms with Crippen LogP contribution in [0.25, 0.3) is 10.1 Å². The average Bonchev–Trinajstić information content (AvgIpc) is 3.10. The van der Waals surface area contributed by atoms with Crippen molar-refractivity contribution in [2.45, 2.75) is 13.0 Å². The average molecular weight is 317 g/mol. The van der Waals surface area contributed by atoms with E-state index in [2.05, 4.69) is 5.32 Å². The molecule has 0 spiro atoms. The van der Waals surface area contributed by atoms with Crippen LogP contribution >= 0.6 is 22.7 Å². The predicted molar refractivity (Wildman–Crippen MR) is 88.2 cm³/mol. The quantitative estimate of drug-likeness (QED) is 0.770. The normalized spacial score (nSPS) is 12.5. The van der Waals surface area contributed by atoms with Crippen molar-refractivity contribution >= 4 is 38.7 Å². The Kier molecular flexibility index (Phi) is 4.05. The number of aliphatic hydroxyl groups excluding tert-OH is 1. The third-order valence-electron chi connectivity index (χ3n) is 3.33. The van der Waals surface area contributed by atoms with E-state index < -0.39 is 6.10 Å². The number of amides is 1. The number of aryl methyl sites for hydroxylation is 1. The third-order valence-corrected chi connectivity index (χ3v) is 5.41. The van der Waals surface area contributed by atoms with Crippen molar-refractivity contribution in [3.05, 3.63) is 57.1 Å². The molecule has 1 atom stereocenters. The fourth-order valence-corrected chi connectivity index (χ4v) is 4.02. The molecule has 0 saturated carbocycles. The minimum absolute atomic E-state index is 0.131. The van der Waals surface area contributed by atoms with Crippen LogP contribution in [0.5, 0.6) is 0 Å². The van der Waals surface area contributed by atoms with Crippen molar-refractivity contribution in [1.82, 2.24) is 5.32 Å². The topological polar surface area (TPSA) is 49.3 Å². The fraction of sp³-hybridized carbons (Fsp3) is 0.188. The maximum Gasteiger partial charge on any atom is 0.252 e. The molecular formula is C16H15NO2S2. The number of aliphatic hydroxyl groups is 1. The first-order chi connectivity index (χ1) is 10.1. The molecule has 0 radical (unpaired) electrons. The second-order valence-electron chi connectivity index (χ2n) is 4.88. The van der Waals surface area contributed by atoms with Crippen LogP contribution in [-0.2, 0) is 0 Å². The Morgan fingerprint density at radius 2 is 2.14 bits per heavy atom. The van der Waals surface area contributed by atoms with Gasteiger partial charge in [-0.3, -0.25) is 4.79 Å². The molecule has 3 rings (SSSR count). The number of nitrogens with one attached hydrogen (secondary N) is 1. The molecule has 0 aliphatic carbocycles. The molecule has 0 fully saturated rings. The second kappa shape index (κ2) is 5.97. The van der Waals surface area contributed by atoms with Crippen molar-refractivity contribution in [1.29, 1.82) is 0 Å². The molecule has 0 aliphatic heterocycles. The maximum atomic E-state index is 12.0. The summed E-state index contributed by atoms with van der Waals surface area (Å²) in [6.07, 6.45) is -0.676. The lowest BCUT2D eigenvalue weighted by molar-refractivity contribution is 0.0918. The van der Waals surface area contributed by atoms with Gasteiger partial charge >= 0.3 is 0 Å². The summed E-state index contributed by atoms with van der Waals surface area (Å²) in [7, 11) is 0. The number of hydrogen-bond donors (Lipinski definition) is 2. The van der Waals surface area contributed by atoms with Crippen LogP contribution in [0.4, 0.5) is 0 Å². The van der Waals surface area contributed by atoms with Crippen molar-refractivity contribution in [3.8, 4) is 0 Å². The fourth-order valence-electron chi connectivity index (χ4n) is 2.14. The van der Waals surface area contributed by atoms with Gasteiger partial charge in [0.25, 0.3) is 5.91 Å². The van der Waals surface area contributed by atoms with E-state index in [0.717, 1.165) is 20.5 Å². The molecular weight excluding hydrogens is 302 g/mol. The Labute approximate surface area is 130 Å². The molecule has 1 unspecified atom stereocenters. The molecule has 1 aromatic carbocycles. The van der Waals surface area contributed by atoms with Crippen LogP contribution in [0.2, 0.25) is 0 Å². The van der Waals surface area contributed by atoms with Gasteiger partial charge in [0.15, 0.2) is 0 Å². The van der Waals surface area contributed by atoms with Crippen LogP contribution in [0.3, 0.4) is 0 Å². The second-order valence-corrected chi connectivity index (χ2v) is 6.74. The molecule has 3 nitrogen and oxygen atoms in total. The summed E-state index contributed by atoms with van der Waals surface area (Å²) >= 11 is 3.07. The van der Waals surface area contributed by atoms with E-state index in [0.29, 0.717) is 5.56 Å². The molecule has 0 bridgehead atoms. The lowest BCUT2D eigenvalue weighted by atomic mass is 10.2. The first-order valence-corrected chi connectivity index (χ1v) is 8.38. The molecule has 2 N–H and O–H groups in total. The summed E-state index contributed by atoms with van der Waals surface area (Å²) in [6.45, 7) is 2.13. The van der Waals surface area contributed by atoms with E-state index in [-0.39, 0.29) is 12.5 Å². The molecule has 0 aliphatic rings. The molecule has 0 saturated heterocycles. The molecule has 2 aromatic heterocycles. The summed E-state index contributed by atoms with van der Waals surface area (Å²) < 4.78 is 1.14. The predicted octanol–water partition coefficient (Wildman–Crippen LogP) is 3.73. The summed E-state index contributed by atoms with van der Waals surface area (Å²) in [5.41, 5.74) is 1.65. The van der Waals surface area contributed by atoms with Crippen LogP contribution < -0.4 is 5.32 Å². The van der Waals surface area contributed by atoms with Gasteiger partial charge in [-0.1, -0.05) is 18.2 Å². The van der Waals surface area contributed by atoms with Crippen molar-refractivity contribution in [3.63, 3.8) is 0 Å². The van der Waals surface area contributed by atoms with Crippen LogP contribution in [0.15, 0.2) is 41.1 Å². The molecule has 2 heterocycles. The lowest BCUT2D eigenvalue weighted by Gasteiger charge is -2.10. The number of benzene rings is 1. The van der Waals surface area contributed by atoms with Gasteiger partial charge < -0.3 is 10.4 Å². The Morgan fingerprint density at radius 1 is 1.33 bits per heavy atom. The third kappa shape index (κ3) is 3.00. The number of carbonyl (C=O) groups is 1. The number of hydrogen-bond acceptors (Lipinski definition) is 4. The standard InChI is InChI=1S/C16H15NO2S2/c1-10-8-20-9-12(10)16(19)17-7-13(18)15-6-11-4-2-3-5-14(11)21-15/h2-6,8-9,13,18H,7H2,1H3,(H,17,19). The zero-order chi connectivity index (χ0) is 14.8. The van der Waals surface area contributed by atoms with Gasteiger partial charge in [-0.05, 0) is 35.4 Å². The van der Waals surface area contributed by atoms with Gasteiger partial charge in [0.2, 0.25) is 0 Å². The first-order valence-electron chi connectivity index (χ1n) is 6.62. The molecule has 1 amide bonds. The van der Waals surface area contributed by atoms with Gasteiger partial charge in [-0.25, -0.2) is 0 Å². The summed E-state index contributed by atoms with van der Waals surface area (Å²) in [5, 5.41) is 17.9. The van der Waals surface area contributed by atoms with Crippen molar-refractivity contribution < 1.29 is 9.90 Å².